The van der Waals surface area contributed by atoms with Crippen LogP contribution in [0.5, 0.6) is 0 Å². The van der Waals surface area contributed by atoms with E-state index in [-0.39, 0.29) is 11.5 Å². The molecule has 14 heavy (non-hydrogen) atoms. The Morgan fingerprint density at radius 3 is 2.64 bits per heavy atom. The molecule has 0 N–H and O–H groups in total. The number of allylic oxidation sites excluding steroid dienone is 3. The molecule has 2 rings (SSSR count). The molecule has 0 fully saturated rings. The normalized spacial score (nSPS) is 28.4. The molecule has 1 heteroatoms. The van der Waals surface area contributed by atoms with Gasteiger partial charge in [0.15, 0.2) is 0 Å². The van der Waals surface area contributed by atoms with Gasteiger partial charge in [-0.3, -0.25) is 0 Å². The van der Waals surface area contributed by atoms with Gasteiger partial charge in [0, 0.05) is 0 Å². The van der Waals surface area contributed by atoms with Crippen LogP contribution in [0.1, 0.15) is 27.2 Å². The fourth-order valence-corrected chi connectivity index (χ4v) is 1.99. The molecule has 0 amide bonds. The lowest BCUT2D eigenvalue weighted by atomic mass is 9.88. The molecule has 0 heterocycles. The first-order valence-electron chi connectivity index (χ1n) is 5.25. The van der Waals surface area contributed by atoms with Crippen LogP contribution >= 0.6 is 0 Å². The zero-order chi connectivity index (χ0) is 10.2. The van der Waals surface area contributed by atoms with Crippen molar-refractivity contribution in [2.75, 3.05) is 6.61 Å². The van der Waals surface area contributed by atoms with Crippen LogP contribution in [0, 0.1) is 5.41 Å². The molecule has 2 aliphatic carbocycles. The second kappa shape index (κ2) is 3.39. The Kier molecular flexibility index (Phi) is 2.36. The Labute approximate surface area is 86.2 Å². The minimum Gasteiger partial charge on any atom is -0.369 e. The Bertz CT molecular complexity index is 318. The zero-order valence-electron chi connectivity index (χ0n) is 9.21. The van der Waals surface area contributed by atoms with Crippen molar-refractivity contribution in [1.29, 1.82) is 0 Å². The molecule has 1 unspecified atom stereocenters. The molecular weight excluding hydrogens is 172 g/mol. The maximum atomic E-state index is 5.87. The van der Waals surface area contributed by atoms with E-state index in [0.29, 0.717) is 0 Å². The van der Waals surface area contributed by atoms with Gasteiger partial charge in [0.25, 0.3) is 0 Å². The lowest BCUT2D eigenvalue weighted by molar-refractivity contribution is 0.0300. The number of hydrogen-bond donors (Lipinski definition) is 0. The summed E-state index contributed by atoms with van der Waals surface area (Å²) in [6.07, 6.45) is 10.2. The predicted octanol–water partition coefficient (Wildman–Crippen LogP) is 3.24. The molecule has 0 bridgehead atoms. The predicted molar refractivity (Wildman–Crippen MR) is 59.1 cm³/mol. The number of ether oxygens (including phenoxy) is 1. The topological polar surface area (TPSA) is 9.23 Å². The molecule has 0 aromatic heterocycles. The summed E-state index contributed by atoms with van der Waals surface area (Å²) in [7, 11) is 0. The van der Waals surface area contributed by atoms with Gasteiger partial charge >= 0.3 is 0 Å². The molecule has 0 radical (unpaired) electrons. The maximum absolute atomic E-state index is 5.87. The molecular formula is C13H18O. The van der Waals surface area contributed by atoms with Crippen molar-refractivity contribution < 1.29 is 4.74 Å². The summed E-state index contributed by atoms with van der Waals surface area (Å²) < 4.78 is 5.87. The average molecular weight is 190 g/mol. The smallest absolute Gasteiger partial charge is 0.0814 e. The monoisotopic (exact) mass is 190 g/mol. The van der Waals surface area contributed by atoms with Gasteiger partial charge in [-0.2, -0.15) is 0 Å². The van der Waals surface area contributed by atoms with Crippen molar-refractivity contribution in [3.63, 3.8) is 0 Å². The molecule has 2 aliphatic rings. The van der Waals surface area contributed by atoms with Crippen molar-refractivity contribution in [3.8, 4) is 0 Å². The van der Waals surface area contributed by atoms with Gasteiger partial charge in [-0.25, -0.2) is 0 Å². The lowest BCUT2D eigenvalue weighted by Crippen LogP contribution is -2.27. The van der Waals surface area contributed by atoms with E-state index in [4.69, 9.17) is 4.74 Å². The SMILES string of the molecule is CC1=CC(COC2C=CCC2(C)C)=C1. The Balaban J connectivity index is 1.81. The van der Waals surface area contributed by atoms with Crippen molar-refractivity contribution in [3.05, 3.63) is 35.5 Å². The van der Waals surface area contributed by atoms with Crippen LogP contribution < -0.4 is 0 Å². The van der Waals surface area contributed by atoms with Crippen LogP contribution in [0.25, 0.3) is 0 Å². The Hall–Kier alpha value is -0.820. The standard InChI is InChI=1S/C13H18O/c1-10-7-11(8-10)9-14-12-5-4-6-13(12,2)3/h4-5,7-8,12H,6,9H2,1-3H3. The van der Waals surface area contributed by atoms with Crippen molar-refractivity contribution >= 4 is 0 Å². The minimum absolute atomic E-state index is 0.281. The van der Waals surface area contributed by atoms with Crippen LogP contribution in [0.15, 0.2) is 35.5 Å². The van der Waals surface area contributed by atoms with E-state index in [0.717, 1.165) is 13.0 Å². The van der Waals surface area contributed by atoms with Crippen molar-refractivity contribution in [1.82, 2.24) is 0 Å². The fraction of sp³-hybridized carbons (Fsp3) is 0.538. The zero-order valence-corrected chi connectivity index (χ0v) is 9.21. The summed E-state index contributed by atoms with van der Waals surface area (Å²) in [5.74, 6) is 0. The highest BCUT2D eigenvalue weighted by molar-refractivity contribution is 5.42. The molecule has 76 valence electrons. The van der Waals surface area contributed by atoms with Crippen molar-refractivity contribution in [2.24, 2.45) is 5.41 Å². The maximum Gasteiger partial charge on any atom is 0.0814 e. The van der Waals surface area contributed by atoms with E-state index in [9.17, 15) is 0 Å². The van der Waals surface area contributed by atoms with Crippen LogP contribution in [0.2, 0.25) is 0 Å². The van der Waals surface area contributed by atoms with Gasteiger partial charge in [-0.15, -0.1) is 0 Å². The van der Waals surface area contributed by atoms with Gasteiger partial charge in [0.05, 0.1) is 12.7 Å². The van der Waals surface area contributed by atoms with Crippen LogP contribution in [-0.2, 0) is 4.74 Å². The first-order valence-corrected chi connectivity index (χ1v) is 5.25. The van der Waals surface area contributed by atoms with E-state index in [1.54, 1.807) is 0 Å². The van der Waals surface area contributed by atoms with Crippen molar-refractivity contribution in [2.45, 2.75) is 33.3 Å². The minimum atomic E-state index is 0.281. The van der Waals surface area contributed by atoms with E-state index >= 15 is 0 Å². The van der Waals surface area contributed by atoms with Gasteiger partial charge in [-0.05, 0) is 24.3 Å². The highest BCUT2D eigenvalue weighted by atomic mass is 16.5. The van der Waals surface area contributed by atoms with E-state index in [1.807, 2.05) is 0 Å². The molecule has 0 aromatic rings. The third kappa shape index (κ3) is 1.83. The molecule has 1 nitrogen and oxygen atoms in total. The highest BCUT2D eigenvalue weighted by Crippen LogP contribution is 2.34. The molecule has 0 aliphatic heterocycles. The van der Waals surface area contributed by atoms with Crippen LogP contribution in [0.3, 0.4) is 0 Å². The highest BCUT2D eigenvalue weighted by Gasteiger charge is 2.31. The molecule has 1 atom stereocenters. The summed E-state index contributed by atoms with van der Waals surface area (Å²) in [4.78, 5) is 0. The van der Waals surface area contributed by atoms with E-state index in [1.165, 1.54) is 11.1 Å². The van der Waals surface area contributed by atoms with Gasteiger partial charge in [0.1, 0.15) is 0 Å². The third-order valence-electron chi connectivity index (χ3n) is 2.98. The average Bonchev–Trinajstić information content (AvgIpc) is 2.37. The molecule has 0 spiro atoms. The Morgan fingerprint density at radius 2 is 2.14 bits per heavy atom. The van der Waals surface area contributed by atoms with Crippen LogP contribution in [0.4, 0.5) is 0 Å². The van der Waals surface area contributed by atoms with Gasteiger partial charge in [-0.1, -0.05) is 43.7 Å². The van der Waals surface area contributed by atoms with Crippen LogP contribution in [-0.4, -0.2) is 12.7 Å². The number of hydrogen-bond acceptors (Lipinski definition) is 1. The molecule has 0 aromatic carbocycles. The first-order chi connectivity index (χ1) is 6.58. The largest absolute Gasteiger partial charge is 0.369 e. The molecule has 0 saturated heterocycles. The van der Waals surface area contributed by atoms with E-state index < -0.39 is 0 Å². The van der Waals surface area contributed by atoms with E-state index in [2.05, 4.69) is 45.1 Å². The quantitative estimate of drug-likeness (QED) is 0.621. The summed E-state index contributed by atoms with van der Waals surface area (Å²) in [6.45, 7) is 7.39. The second-order valence-corrected chi connectivity index (χ2v) is 4.96. The summed E-state index contributed by atoms with van der Waals surface area (Å²) in [5.41, 5.74) is 2.95. The second-order valence-electron chi connectivity index (χ2n) is 4.96. The Morgan fingerprint density at radius 1 is 1.43 bits per heavy atom. The summed E-state index contributed by atoms with van der Waals surface area (Å²) in [6, 6.07) is 0. The van der Waals surface area contributed by atoms with Gasteiger partial charge in [0.2, 0.25) is 0 Å². The first kappa shape index (κ1) is 9.72. The molecule has 0 saturated carbocycles. The van der Waals surface area contributed by atoms with Gasteiger partial charge < -0.3 is 4.74 Å². The summed E-state index contributed by atoms with van der Waals surface area (Å²) in [5, 5.41) is 0. The third-order valence-corrected chi connectivity index (χ3v) is 2.98. The number of rotatable bonds is 3. The lowest BCUT2D eigenvalue weighted by Gasteiger charge is -2.27. The summed E-state index contributed by atoms with van der Waals surface area (Å²) >= 11 is 0. The fourth-order valence-electron chi connectivity index (χ4n) is 1.99.